The normalized spacial score (nSPS) is 13.2. The second kappa shape index (κ2) is 10.3. The lowest BCUT2D eigenvalue weighted by Gasteiger charge is -2.09. The number of nitrogens with two attached hydrogens (primary N) is 1. The minimum absolute atomic E-state index is 0.159. The molecular weight excluding hydrogens is 368 g/mol. The smallest absolute Gasteiger partial charge is 0.151 e. The number of nitrogens with zero attached hydrogens (tertiary/aromatic N) is 2. The predicted molar refractivity (Wildman–Crippen MR) is 119 cm³/mol. The average Bonchev–Trinajstić information content (AvgIpc) is 3.31. The van der Waals surface area contributed by atoms with Crippen molar-refractivity contribution in [2.75, 3.05) is 12.8 Å². The van der Waals surface area contributed by atoms with E-state index in [4.69, 9.17) is 15.4 Å². The minimum Gasteiger partial charge on any atom is -0.455 e. The molecule has 6 heteroatoms. The van der Waals surface area contributed by atoms with Crippen molar-refractivity contribution in [1.82, 2.24) is 9.88 Å². The van der Waals surface area contributed by atoms with Crippen LogP contribution in [0.15, 0.2) is 64.4 Å². The summed E-state index contributed by atoms with van der Waals surface area (Å²) in [7, 11) is 3.97. The van der Waals surface area contributed by atoms with Gasteiger partial charge in [0.25, 0.3) is 0 Å². The lowest BCUT2D eigenvalue weighted by molar-refractivity contribution is 0.566. The molecule has 5 nitrogen and oxygen atoms in total. The SMILES string of the molecule is C/C=C(\SC/C=C(/C)NC)c1ccc(-c2ccc(/C=C/C=C(/N)C#N)o2)n1C. The Hall–Kier alpha value is -3.04. The fourth-order valence-electron chi connectivity index (χ4n) is 2.53. The number of hydrogen-bond donors (Lipinski definition) is 2. The second-order valence-electron chi connectivity index (χ2n) is 6.06. The summed E-state index contributed by atoms with van der Waals surface area (Å²) < 4.78 is 8.05. The molecule has 0 radical (unpaired) electrons. The molecule has 2 heterocycles. The molecule has 0 bridgehead atoms. The van der Waals surface area contributed by atoms with Crippen LogP contribution >= 0.6 is 11.8 Å². The van der Waals surface area contributed by atoms with E-state index in [-0.39, 0.29) is 5.70 Å². The van der Waals surface area contributed by atoms with Crippen molar-refractivity contribution in [1.29, 1.82) is 5.26 Å². The third kappa shape index (κ3) is 5.48. The Morgan fingerprint density at radius 3 is 2.82 bits per heavy atom. The first kappa shape index (κ1) is 21.3. The highest BCUT2D eigenvalue weighted by atomic mass is 32.2. The lowest BCUT2D eigenvalue weighted by atomic mass is 10.3. The fourth-order valence-corrected chi connectivity index (χ4v) is 3.57. The summed E-state index contributed by atoms with van der Waals surface area (Å²) >= 11 is 1.80. The standard InChI is InChI=1S/C22H26N4OS/c1-5-22(28-14-13-16(2)25-3)20-11-10-19(26(20)4)21-12-9-18(27-21)8-6-7-17(24)15-23/h5-13,25H,14,24H2,1-4H3/b8-6+,16-13-,17-7+,22-5-. The Balaban J connectivity index is 2.17. The maximum absolute atomic E-state index is 8.66. The van der Waals surface area contributed by atoms with E-state index in [0.717, 1.165) is 28.6 Å². The van der Waals surface area contributed by atoms with Crippen LogP contribution in [-0.4, -0.2) is 17.4 Å². The van der Waals surface area contributed by atoms with Gasteiger partial charge < -0.3 is 20.0 Å². The van der Waals surface area contributed by atoms with Crippen molar-refractivity contribution in [3.8, 4) is 17.5 Å². The van der Waals surface area contributed by atoms with E-state index in [9.17, 15) is 0 Å². The number of allylic oxidation sites excluding steroid dienone is 5. The molecule has 2 rings (SSSR count). The second-order valence-corrected chi connectivity index (χ2v) is 7.12. The molecule has 3 N–H and O–H groups in total. The van der Waals surface area contributed by atoms with Crippen LogP contribution in [0.3, 0.4) is 0 Å². The first-order chi connectivity index (χ1) is 13.5. The van der Waals surface area contributed by atoms with Crippen molar-refractivity contribution >= 4 is 22.7 Å². The van der Waals surface area contributed by atoms with E-state index in [1.165, 1.54) is 4.91 Å². The van der Waals surface area contributed by atoms with Crippen LogP contribution in [0.25, 0.3) is 22.4 Å². The lowest BCUT2D eigenvalue weighted by Crippen LogP contribution is -2.01. The highest BCUT2D eigenvalue weighted by Gasteiger charge is 2.13. The maximum Gasteiger partial charge on any atom is 0.151 e. The predicted octanol–water partition coefficient (Wildman–Crippen LogP) is 4.88. The summed E-state index contributed by atoms with van der Waals surface area (Å²) in [6.07, 6.45) is 9.34. The molecule has 0 saturated heterocycles. The molecule has 0 aliphatic rings. The van der Waals surface area contributed by atoms with Gasteiger partial charge >= 0.3 is 0 Å². The van der Waals surface area contributed by atoms with E-state index in [1.807, 2.05) is 32.3 Å². The quantitative estimate of drug-likeness (QED) is 0.493. The first-order valence-corrected chi connectivity index (χ1v) is 9.92. The highest BCUT2D eigenvalue weighted by Crippen LogP contribution is 2.32. The van der Waals surface area contributed by atoms with Gasteiger partial charge in [0.2, 0.25) is 0 Å². The van der Waals surface area contributed by atoms with E-state index in [1.54, 1.807) is 30.0 Å². The summed E-state index contributed by atoms with van der Waals surface area (Å²) in [5.74, 6) is 2.40. The molecule has 28 heavy (non-hydrogen) atoms. The largest absolute Gasteiger partial charge is 0.455 e. The Labute approximate surface area is 170 Å². The van der Waals surface area contributed by atoms with Crippen LogP contribution in [0.1, 0.15) is 25.3 Å². The molecule has 0 aliphatic heterocycles. The molecule has 146 valence electrons. The zero-order chi connectivity index (χ0) is 20.5. The van der Waals surface area contributed by atoms with Crippen molar-refractivity contribution in [3.63, 3.8) is 0 Å². The molecule has 0 spiro atoms. The van der Waals surface area contributed by atoms with Crippen molar-refractivity contribution in [3.05, 3.63) is 71.4 Å². The van der Waals surface area contributed by atoms with Gasteiger partial charge in [-0.1, -0.05) is 18.2 Å². The van der Waals surface area contributed by atoms with E-state index < -0.39 is 0 Å². The van der Waals surface area contributed by atoms with Crippen molar-refractivity contribution in [2.24, 2.45) is 12.8 Å². The van der Waals surface area contributed by atoms with Gasteiger partial charge in [-0.25, -0.2) is 0 Å². The molecule has 0 atom stereocenters. The highest BCUT2D eigenvalue weighted by molar-refractivity contribution is 8.08. The Morgan fingerprint density at radius 1 is 1.36 bits per heavy atom. The van der Waals surface area contributed by atoms with Crippen molar-refractivity contribution < 1.29 is 4.42 Å². The summed E-state index contributed by atoms with van der Waals surface area (Å²) in [4.78, 5) is 1.22. The van der Waals surface area contributed by atoms with Crippen LogP contribution in [0, 0.1) is 11.3 Å². The molecular formula is C22H26N4OS. The summed E-state index contributed by atoms with van der Waals surface area (Å²) in [6.45, 7) is 4.11. The number of aromatic nitrogens is 1. The van der Waals surface area contributed by atoms with Gasteiger partial charge in [-0.2, -0.15) is 5.26 Å². The third-order valence-electron chi connectivity index (χ3n) is 4.20. The summed E-state index contributed by atoms with van der Waals surface area (Å²) in [5.41, 5.74) is 8.93. The minimum atomic E-state index is 0.159. The fraction of sp³-hybridized carbons (Fsp3) is 0.227. The van der Waals surface area contributed by atoms with Gasteiger partial charge in [0.15, 0.2) is 5.76 Å². The number of nitriles is 1. The van der Waals surface area contributed by atoms with Crippen LogP contribution < -0.4 is 11.1 Å². The van der Waals surface area contributed by atoms with Gasteiger partial charge in [-0.15, -0.1) is 11.8 Å². The van der Waals surface area contributed by atoms with Crippen LogP contribution in [0.4, 0.5) is 0 Å². The average molecular weight is 395 g/mol. The molecule has 0 amide bonds. The van der Waals surface area contributed by atoms with E-state index in [0.29, 0.717) is 5.76 Å². The van der Waals surface area contributed by atoms with E-state index in [2.05, 4.69) is 48.0 Å². The monoisotopic (exact) mass is 394 g/mol. The molecule has 0 fully saturated rings. The van der Waals surface area contributed by atoms with Crippen LogP contribution in [0.2, 0.25) is 0 Å². The Morgan fingerprint density at radius 2 is 2.14 bits per heavy atom. The number of furan rings is 1. The third-order valence-corrected chi connectivity index (χ3v) is 5.29. The van der Waals surface area contributed by atoms with Crippen molar-refractivity contribution in [2.45, 2.75) is 13.8 Å². The zero-order valence-corrected chi connectivity index (χ0v) is 17.5. The van der Waals surface area contributed by atoms with E-state index >= 15 is 0 Å². The molecule has 2 aromatic heterocycles. The summed E-state index contributed by atoms with van der Waals surface area (Å²) in [5, 5.41) is 11.8. The van der Waals surface area contributed by atoms with Gasteiger partial charge in [0.1, 0.15) is 17.5 Å². The van der Waals surface area contributed by atoms with Gasteiger partial charge in [0.05, 0.1) is 11.4 Å². The first-order valence-electron chi connectivity index (χ1n) is 8.94. The molecule has 0 saturated carbocycles. The number of rotatable bonds is 8. The van der Waals surface area contributed by atoms with Gasteiger partial charge in [0, 0.05) is 30.5 Å². The zero-order valence-electron chi connectivity index (χ0n) is 16.7. The molecule has 2 aromatic rings. The molecule has 0 unspecified atom stereocenters. The maximum atomic E-state index is 8.66. The topological polar surface area (TPSA) is 79.9 Å². The summed E-state index contributed by atoms with van der Waals surface area (Å²) in [6, 6.07) is 9.88. The number of thioether (sulfide) groups is 1. The van der Waals surface area contributed by atoms with Gasteiger partial charge in [-0.05, 0) is 50.3 Å². The van der Waals surface area contributed by atoms with Gasteiger partial charge in [-0.3, -0.25) is 0 Å². The van der Waals surface area contributed by atoms with Crippen LogP contribution in [-0.2, 0) is 7.05 Å². The molecule has 0 aromatic carbocycles. The van der Waals surface area contributed by atoms with Crippen LogP contribution in [0.5, 0.6) is 0 Å². The molecule has 0 aliphatic carbocycles. The Bertz CT molecular complexity index is 967. The number of hydrogen-bond acceptors (Lipinski definition) is 5. The number of nitrogens with one attached hydrogen (secondary N) is 1. The Kier molecular flexibility index (Phi) is 7.85.